The highest BCUT2D eigenvalue weighted by atomic mass is 16.4. The molecule has 0 aromatic heterocycles. The van der Waals surface area contributed by atoms with Crippen LogP contribution in [-0.2, 0) is 16.1 Å². The number of anilines is 1. The number of rotatable bonds is 6. The van der Waals surface area contributed by atoms with Crippen LogP contribution in [0.2, 0.25) is 0 Å². The molecule has 0 saturated carbocycles. The number of urea groups is 1. The SMILES string of the molecule is O=C(O)CCNC(=O)NCc1ccc(N2CCCCC2=O)cc1. The number of carboxylic acids is 1. The Balaban J connectivity index is 1.79. The number of carboxylic acid groups (broad SMARTS) is 1. The summed E-state index contributed by atoms with van der Waals surface area (Å²) >= 11 is 0. The summed E-state index contributed by atoms with van der Waals surface area (Å²) in [6, 6.07) is 7.09. The van der Waals surface area contributed by atoms with Gasteiger partial charge in [-0.15, -0.1) is 0 Å². The Morgan fingerprint density at radius 2 is 1.87 bits per heavy atom. The molecule has 124 valence electrons. The molecule has 7 heteroatoms. The summed E-state index contributed by atoms with van der Waals surface area (Å²) in [5.74, 6) is -0.798. The van der Waals surface area contributed by atoms with Crippen LogP contribution in [0.15, 0.2) is 24.3 Å². The summed E-state index contributed by atoms with van der Waals surface area (Å²) < 4.78 is 0. The van der Waals surface area contributed by atoms with E-state index in [-0.39, 0.29) is 18.9 Å². The summed E-state index contributed by atoms with van der Waals surface area (Å²) in [6.07, 6.45) is 2.46. The van der Waals surface area contributed by atoms with Gasteiger partial charge in [0.15, 0.2) is 0 Å². The summed E-state index contributed by atoms with van der Waals surface area (Å²) in [7, 11) is 0. The van der Waals surface area contributed by atoms with Crippen molar-refractivity contribution in [3.63, 3.8) is 0 Å². The van der Waals surface area contributed by atoms with Gasteiger partial charge in [-0.2, -0.15) is 0 Å². The monoisotopic (exact) mass is 319 g/mol. The van der Waals surface area contributed by atoms with E-state index in [0.29, 0.717) is 13.0 Å². The van der Waals surface area contributed by atoms with Gasteiger partial charge in [0.25, 0.3) is 0 Å². The van der Waals surface area contributed by atoms with Gasteiger partial charge in [0.2, 0.25) is 5.91 Å². The highest BCUT2D eigenvalue weighted by molar-refractivity contribution is 5.93. The Morgan fingerprint density at radius 3 is 2.52 bits per heavy atom. The van der Waals surface area contributed by atoms with E-state index < -0.39 is 12.0 Å². The van der Waals surface area contributed by atoms with E-state index in [9.17, 15) is 14.4 Å². The van der Waals surface area contributed by atoms with E-state index in [0.717, 1.165) is 30.6 Å². The maximum Gasteiger partial charge on any atom is 0.315 e. The normalized spacial score (nSPS) is 14.4. The first-order valence-corrected chi connectivity index (χ1v) is 7.69. The Labute approximate surface area is 134 Å². The Morgan fingerprint density at radius 1 is 1.13 bits per heavy atom. The number of hydrogen-bond acceptors (Lipinski definition) is 3. The van der Waals surface area contributed by atoms with E-state index in [4.69, 9.17) is 5.11 Å². The van der Waals surface area contributed by atoms with Crippen LogP contribution in [0.3, 0.4) is 0 Å². The molecule has 3 N–H and O–H groups in total. The number of hydrogen-bond donors (Lipinski definition) is 3. The van der Waals surface area contributed by atoms with Crippen LogP contribution in [0.1, 0.15) is 31.2 Å². The Kier molecular flexibility index (Phi) is 5.96. The van der Waals surface area contributed by atoms with Crippen LogP contribution in [-0.4, -0.2) is 36.1 Å². The predicted octanol–water partition coefficient (Wildman–Crippen LogP) is 1.48. The van der Waals surface area contributed by atoms with Crippen LogP contribution in [0.5, 0.6) is 0 Å². The second-order valence-electron chi connectivity index (χ2n) is 5.42. The van der Waals surface area contributed by atoms with Crippen molar-refractivity contribution < 1.29 is 19.5 Å². The first kappa shape index (κ1) is 16.8. The van der Waals surface area contributed by atoms with Gasteiger partial charge in [-0.3, -0.25) is 9.59 Å². The fourth-order valence-electron chi connectivity index (χ4n) is 2.40. The lowest BCUT2D eigenvalue weighted by Crippen LogP contribution is -2.36. The minimum Gasteiger partial charge on any atom is -0.481 e. The zero-order valence-corrected chi connectivity index (χ0v) is 12.9. The number of piperidine rings is 1. The number of aliphatic carboxylic acids is 1. The van der Waals surface area contributed by atoms with Crippen LogP contribution in [0, 0.1) is 0 Å². The molecule has 3 amide bonds. The Hall–Kier alpha value is -2.57. The van der Waals surface area contributed by atoms with Crippen LogP contribution in [0.4, 0.5) is 10.5 Å². The third-order valence-electron chi connectivity index (χ3n) is 3.65. The molecule has 1 aliphatic heterocycles. The maximum absolute atomic E-state index is 11.9. The molecule has 23 heavy (non-hydrogen) atoms. The molecule has 1 aromatic carbocycles. The number of nitrogens with one attached hydrogen (secondary N) is 2. The van der Waals surface area contributed by atoms with E-state index >= 15 is 0 Å². The summed E-state index contributed by atoms with van der Waals surface area (Å²) in [6.45, 7) is 1.19. The van der Waals surface area contributed by atoms with Crippen molar-refractivity contribution in [2.75, 3.05) is 18.0 Å². The van der Waals surface area contributed by atoms with Gasteiger partial charge in [0, 0.05) is 31.7 Å². The second-order valence-corrected chi connectivity index (χ2v) is 5.42. The average molecular weight is 319 g/mol. The highest BCUT2D eigenvalue weighted by Gasteiger charge is 2.19. The minimum atomic E-state index is -0.951. The molecular formula is C16H21N3O4. The van der Waals surface area contributed by atoms with E-state index in [2.05, 4.69) is 10.6 Å². The minimum absolute atomic E-state index is 0.0944. The zero-order valence-electron chi connectivity index (χ0n) is 12.9. The smallest absolute Gasteiger partial charge is 0.315 e. The number of carbonyl (C=O) groups is 3. The largest absolute Gasteiger partial charge is 0.481 e. The van der Waals surface area contributed by atoms with Gasteiger partial charge >= 0.3 is 12.0 Å². The van der Waals surface area contributed by atoms with Crippen LogP contribution < -0.4 is 15.5 Å². The summed E-state index contributed by atoms with van der Waals surface area (Å²) in [5, 5.41) is 13.6. The highest BCUT2D eigenvalue weighted by Crippen LogP contribution is 2.21. The van der Waals surface area contributed by atoms with Crippen molar-refractivity contribution in [1.29, 1.82) is 0 Å². The third-order valence-corrected chi connectivity index (χ3v) is 3.65. The van der Waals surface area contributed by atoms with Crippen molar-refractivity contribution in [1.82, 2.24) is 10.6 Å². The van der Waals surface area contributed by atoms with Crippen LogP contribution >= 0.6 is 0 Å². The molecule has 0 spiro atoms. The molecule has 1 aliphatic rings. The first-order valence-electron chi connectivity index (χ1n) is 7.69. The van der Waals surface area contributed by atoms with E-state index in [1.807, 2.05) is 24.3 Å². The molecule has 1 heterocycles. The van der Waals surface area contributed by atoms with Crippen molar-refractivity contribution in [3.05, 3.63) is 29.8 Å². The second kappa shape index (κ2) is 8.17. The molecule has 0 atom stereocenters. The zero-order chi connectivity index (χ0) is 16.7. The van der Waals surface area contributed by atoms with Crippen LogP contribution in [0.25, 0.3) is 0 Å². The number of nitrogens with zero attached hydrogens (tertiary/aromatic N) is 1. The van der Waals surface area contributed by atoms with Gasteiger partial charge in [-0.05, 0) is 30.5 Å². The van der Waals surface area contributed by atoms with Gasteiger partial charge in [0.05, 0.1) is 6.42 Å². The summed E-state index contributed by atoms with van der Waals surface area (Å²) in [5.41, 5.74) is 1.79. The maximum atomic E-state index is 11.9. The van der Waals surface area contributed by atoms with E-state index in [1.54, 1.807) is 4.90 Å². The lowest BCUT2D eigenvalue weighted by molar-refractivity contribution is -0.136. The molecule has 1 fully saturated rings. The molecule has 7 nitrogen and oxygen atoms in total. The molecule has 0 unspecified atom stereocenters. The van der Waals surface area contributed by atoms with Crippen molar-refractivity contribution in [2.45, 2.75) is 32.2 Å². The first-order chi connectivity index (χ1) is 11.1. The van der Waals surface area contributed by atoms with Crippen molar-refractivity contribution in [3.8, 4) is 0 Å². The van der Waals surface area contributed by atoms with Gasteiger partial charge < -0.3 is 20.6 Å². The third kappa shape index (κ3) is 5.28. The molecule has 0 aliphatic carbocycles. The lowest BCUT2D eigenvalue weighted by atomic mass is 10.1. The molecule has 0 bridgehead atoms. The van der Waals surface area contributed by atoms with E-state index in [1.165, 1.54) is 0 Å². The summed E-state index contributed by atoms with van der Waals surface area (Å²) in [4.78, 5) is 35.5. The van der Waals surface area contributed by atoms with Gasteiger partial charge in [-0.25, -0.2) is 4.79 Å². The quantitative estimate of drug-likeness (QED) is 0.739. The molecule has 2 rings (SSSR count). The average Bonchev–Trinajstić information content (AvgIpc) is 2.54. The molecule has 1 saturated heterocycles. The number of carbonyl (C=O) groups excluding carboxylic acids is 2. The lowest BCUT2D eigenvalue weighted by Gasteiger charge is -2.26. The molecule has 0 radical (unpaired) electrons. The van der Waals surface area contributed by atoms with Crippen molar-refractivity contribution >= 4 is 23.6 Å². The number of benzene rings is 1. The fourth-order valence-corrected chi connectivity index (χ4v) is 2.40. The topological polar surface area (TPSA) is 98.7 Å². The molecular weight excluding hydrogens is 298 g/mol. The number of amides is 3. The standard InChI is InChI=1S/C16H21N3O4/c20-14-3-1-2-10-19(14)13-6-4-12(5-7-13)11-18-16(23)17-9-8-15(21)22/h4-7H,1-3,8-11H2,(H,21,22)(H2,17,18,23). The predicted molar refractivity (Wildman–Crippen MR) is 85.1 cm³/mol. The molecule has 1 aromatic rings. The van der Waals surface area contributed by atoms with Crippen molar-refractivity contribution in [2.24, 2.45) is 0 Å². The van der Waals surface area contributed by atoms with Gasteiger partial charge in [-0.1, -0.05) is 12.1 Å². The Bertz CT molecular complexity index is 571. The fraction of sp³-hybridized carbons (Fsp3) is 0.438. The van der Waals surface area contributed by atoms with Gasteiger partial charge in [0.1, 0.15) is 0 Å².